The molecule has 6 heteroatoms. The highest BCUT2D eigenvalue weighted by Crippen LogP contribution is 2.44. The van der Waals surface area contributed by atoms with E-state index in [1.807, 2.05) is 65.2 Å². The lowest BCUT2D eigenvalue weighted by Gasteiger charge is -2.14. The molecule has 7 aromatic carbocycles. The summed E-state index contributed by atoms with van der Waals surface area (Å²) < 4.78 is 92.4. The van der Waals surface area contributed by atoms with Gasteiger partial charge in [0, 0.05) is 52.8 Å². The van der Waals surface area contributed by atoms with Gasteiger partial charge in [-0.05, 0) is 30.3 Å². The first kappa shape index (κ1) is 20.1. The summed E-state index contributed by atoms with van der Waals surface area (Å²) in [5, 5.41) is 5.78. The zero-order valence-corrected chi connectivity index (χ0v) is 27.3. The molecule has 11 rings (SSSR count). The third-order valence-corrected chi connectivity index (χ3v) is 10.5. The average molecular weight is 680 g/mol. The van der Waals surface area contributed by atoms with Gasteiger partial charge in [-0.1, -0.05) is 133 Å². The van der Waals surface area contributed by atoms with Gasteiger partial charge < -0.3 is 4.57 Å². The van der Waals surface area contributed by atoms with Crippen molar-refractivity contribution in [3.8, 4) is 34.4 Å². The number of rotatable bonds is 4. The van der Waals surface area contributed by atoms with Crippen molar-refractivity contribution in [2.75, 3.05) is 0 Å². The number of fused-ring (bicyclic) bond motifs is 10. The molecule has 0 atom stereocenters. The third kappa shape index (κ3) is 4.17. The second-order valence-electron chi connectivity index (χ2n) is 12.1. The molecule has 0 radical (unpaired) electrons. The minimum absolute atomic E-state index is 0.0617. The van der Waals surface area contributed by atoms with Crippen LogP contribution in [0.4, 0.5) is 0 Å². The van der Waals surface area contributed by atoms with Gasteiger partial charge in [0.15, 0.2) is 11.6 Å². The lowest BCUT2D eigenvalue weighted by atomic mass is 10.1. The maximum atomic E-state index is 8.90. The van der Waals surface area contributed by atoms with Crippen molar-refractivity contribution in [2.45, 2.75) is 0 Å². The van der Waals surface area contributed by atoms with E-state index < -0.39 is 60.4 Å². The van der Waals surface area contributed by atoms with Crippen LogP contribution in [0.5, 0.6) is 0 Å². The van der Waals surface area contributed by atoms with Gasteiger partial charge in [0.2, 0.25) is 5.95 Å². The van der Waals surface area contributed by atoms with E-state index in [9.17, 15) is 0 Å². The van der Waals surface area contributed by atoms with Gasteiger partial charge in [-0.15, -0.1) is 11.3 Å². The first-order valence-electron chi connectivity index (χ1n) is 21.2. The molecule has 0 spiro atoms. The Morgan fingerprint density at radius 3 is 1.63 bits per heavy atom. The first-order chi connectivity index (χ1) is 29.5. The van der Waals surface area contributed by atoms with Gasteiger partial charge in [-0.25, -0.2) is 4.98 Å². The largest absolute Gasteiger partial charge is 0.306 e. The monoisotopic (exact) mass is 679 g/mol. The number of para-hydroxylation sites is 2. The second-order valence-corrected chi connectivity index (χ2v) is 13.2. The number of nitrogens with zero attached hydrogens (tertiary/aromatic N) is 5. The summed E-state index contributed by atoms with van der Waals surface area (Å²) in [7, 11) is 0. The van der Waals surface area contributed by atoms with Gasteiger partial charge in [-0.3, -0.25) is 4.57 Å². The zero-order chi connectivity index (χ0) is 42.2. The van der Waals surface area contributed by atoms with Crippen LogP contribution in [0.2, 0.25) is 0 Å². The summed E-state index contributed by atoms with van der Waals surface area (Å²) in [6.45, 7) is 0. The van der Waals surface area contributed by atoms with Crippen LogP contribution < -0.4 is 0 Å². The molecule has 0 saturated heterocycles. The predicted octanol–water partition coefficient (Wildman–Crippen LogP) is 11.8. The van der Waals surface area contributed by atoms with Crippen molar-refractivity contribution in [3.63, 3.8) is 0 Å². The Labute approximate surface area is 310 Å². The lowest BCUT2D eigenvalue weighted by Crippen LogP contribution is -2.07. The van der Waals surface area contributed by atoms with Gasteiger partial charge >= 0.3 is 0 Å². The van der Waals surface area contributed by atoms with E-state index in [4.69, 9.17) is 23.7 Å². The molecule has 0 N–H and O–H groups in total. The van der Waals surface area contributed by atoms with Gasteiger partial charge in [0.1, 0.15) is 0 Å². The summed E-state index contributed by atoms with van der Waals surface area (Å²) in [5.74, 6) is -0.734. The number of hydrogen-bond acceptors (Lipinski definition) is 4. The maximum Gasteiger partial charge on any atom is 0.238 e. The summed E-state index contributed by atoms with van der Waals surface area (Å²) in [4.78, 5) is 14.3. The van der Waals surface area contributed by atoms with Gasteiger partial charge in [0.25, 0.3) is 0 Å². The third-order valence-electron chi connectivity index (χ3n) is 9.36. The Bertz CT molecular complexity index is 3600. The summed E-state index contributed by atoms with van der Waals surface area (Å²) >= 11 is 1.72. The van der Waals surface area contributed by atoms with Crippen LogP contribution >= 0.6 is 11.3 Å². The molecular weight excluding hydrogens is 643 g/mol. The highest BCUT2D eigenvalue weighted by molar-refractivity contribution is 7.25. The van der Waals surface area contributed by atoms with E-state index in [1.165, 1.54) is 0 Å². The Balaban J connectivity index is 1.35. The summed E-state index contributed by atoms with van der Waals surface area (Å²) in [6, 6.07) is 28.6. The topological polar surface area (TPSA) is 48.5 Å². The molecule has 11 aromatic rings. The summed E-state index contributed by atoms with van der Waals surface area (Å²) in [6.07, 6.45) is 0. The molecule has 0 aliphatic heterocycles. The predicted molar refractivity (Wildman–Crippen MR) is 212 cm³/mol. The zero-order valence-electron chi connectivity index (χ0n) is 36.5. The maximum absolute atomic E-state index is 8.90. The highest BCUT2D eigenvalue weighted by atomic mass is 32.1. The van der Waals surface area contributed by atoms with Crippen LogP contribution in [-0.2, 0) is 0 Å². The van der Waals surface area contributed by atoms with Crippen LogP contribution in [0.1, 0.15) is 13.7 Å². The molecule has 0 amide bonds. The fourth-order valence-corrected chi connectivity index (χ4v) is 8.44. The fraction of sp³-hybridized carbons (Fsp3) is 0. The minimum atomic E-state index is -0.611. The first-order valence-corrected chi connectivity index (χ1v) is 17.0. The molecule has 4 heterocycles. The van der Waals surface area contributed by atoms with E-state index in [1.54, 1.807) is 11.3 Å². The van der Waals surface area contributed by atoms with Crippen molar-refractivity contribution < 1.29 is 13.7 Å². The molecule has 5 nitrogen and oxygen atoms in total. The van der Waals surface area contributed by atoms with Gasteiger partial charge in [-0.2, -0.15) is 9.97 Å². The lowest BCUT2D eigenvalue weighted by molar-refractivity contribution is 0.953. The van der Waals surface area contributed by atoms with E-state index in [0.29, 0.717) is 11.0 Å². The normalized spacial score (nSPS) is 14.7. The Morgan fingerprint density at radius 2 is 0.980 bits per heavy atom. The molecule has 0 bridgehead atoms. The van der Waals surface area contributed by atoms with Crippen LogP contribution in [0.3, 0.4) is 0 Å². The quantitative estimate of drug-likeness (QED) is 0.186. The fourth-order valence-electron chi connectivity index (χ4n) is 7.31. The Kier molecular flexibility index (Phi) is 4.32. The van der Waals surface area contributed by atoms with Crippen molar-refractivity contribution in [2.24, 2.45) is 0 Å². The highest BCUT2D eigenvalue weighted by Gasteiger charge is 2.24. The SMILES string of the molecule is [2H]c1c([2H])c([2H])c(-c2nc(-c3c([2H])c([2H])c([2H])c([2H])c3[2H])nc(-n3c4ccccc4c4ccc5c6ccccc6n(-c6cccc7sc8ccccc8c67)c5c43)n2)c([2H])c1[2H]. The van der Waals surface area contributed by atoms with Crippen LogP contribution in [0.25, 0.3) is 98.2 Å². The number of thiophene rings is 1. The second kappa shape index (κ2) is 10.9. The molecule has 0 aliphatic carbocycles. The average Bonchev–Trinajstić information content (AvgIpc) is 3.94. The Morgan fingerprint density at radius 1 is 0.451 bits per heavy atom. The summed E-state index contributed by atoms with van der Waals surface area (Å²) in [5.41, 5.74) is 3.37. The van der Waals surface area contributed by atoms with E-state index in [-0.39, 0.29) is 28.7 Å². The molecule has 0 unspecified atom stereocenters. The van der Waals surface area contributed by atoms with Crippen molar-refractivity contribution in [1.82, 2.24) is 24.1 Å². The minimum Gasteiger partial charge on any atom is -0.306 e. The van der Waals surface area contributed by atoms with E-state index in [0.717, 1.165) is 58.4 Å². The standard InChI is InChI=1S/C45H27N5S/c1-3-14-28(15-4-1)43-46-44(29-16-5-2-6-17-29)48-45(47-43)50-36-22-11-8-19-31(36)33-27-26-32-30-18-7-10-21-35(30)49(41(32)42(33)50)37-23-13-25-39-40(37)34-20-9-12-24-38(34)51-39/h1-27H/i1D,2D,3D,4D,5D,6D,14D,15D,16D,17D. The van der Waals surface area contributed by atoms with Crippen LogP contribution in [0.15, 0.2) is 164 Å². The smallest absolute Gasteiger partial charge is 0.238 e. The van der Waals surface area contributed by atoms with Crippen LogP contribution in [-0.4, -0.2) is 24.1 Å². The molecule has 0 saturated carbocycles. The molecule has 51 heavy (non-hydrogen) atoms. The van der Waals surface area contributed by atoms with E-state index in [2.05, 4.69) is 52.0 Å². The Hall–Kier alpha value is -6.63. The van der Waals surface area contributed by atoms with Crippen molar-refractivity contribution >= 4 is 75.1 Å². The molecular formula is C45H27N5S. The number of benzene rings is 7. The number of hydrogen-bond donors (Lipinski definition) is 0. The molecule has 4 aromatic heterocycles. The van der Waals surface area contributed by atoms with Crippen molar-refractivity contribution in [1.29, 1.82) is 0 Å². The van der Waals surface area contributed by atoms with Crippen LogP contribution in [0, 0.1) is 0 Å². The van der Waals surface area contributed by atoms with E-state index >= 15 is 0 Å². The molecule has 0 fully saturated rings. The van der Waals surface area contributed by atoms with Gasteiger partial charge in [0.05, 0.1) is 41.5 Å². The van der Waals surface area contributed by atoms with Crippen molar-refractivity contribution in [3.05, 3.63) is 164 Å². The number of aromatic nitrogens is 5. The molecule has 0 aliphatic rings. The molecule has 238 valence electrons.